The molecule has 0 fully saturated rings. The molecule has 0 saturated heterocycles. The van der Waals surface area contributed by atoms with E-state index in [1.807, 2.05) is 11.3 Å². The molecule has 0 aliphatic rings. The Morgan fingerprint density at radius 2 is 1.75 bits per heavy atom. The number of hydrogen-bond acceptors (Lipinski definition) is 2. The predicted octanol–water partition coefficient (Wildman–Crippen LogP) is 5.25. The van der Waals surface area contributed by atoms with Crippen LogP contribution in [0.4, 0.5) is 0 Å². The SMILES string of the molecule is CC(C)CNCC(C)(C)CCc1ccc(C(C)(C)C)s1. The van der Waals surface area contributed by atoms with Gasteiger partial charge in [0.2, 0.25) is 0 Å². The smallest absolute Gasteiger partial charge is 0.0102 e. The van der Waals surface area contributed by atoms with E-state index in [2.05, 4.69) is 65.9 Å². The molecule has 0 atom stereocenters. The summed E-state index contributed by atoms with van der Waals surface area (Å²) in [6.45, 7) is 18.4. The van der Waals surface area contributed by atoms with Gasteiger partial charge in [0.25, 0.3) is 0 Å². The summed E-state index contributed by atoms with van der Waals surface area (Å²) in [5.41, 5.74) is 0.665. The zero-order valence-electron chi connectivity index (χ0n) is 14.5. The van der Waals surface area contributed by atoms with Gasteiger partial charge in [-0.1, -0.05) is 48.5 Å². The highest BCUT2D eigenvalue weighted by atomic mass is 32.1. The molecule has 1 N–H and O–H groups in total. The summed E-state index contributed by atoms with van der Waals surface area (Å²) in [5.74, 6) is 0.734. The van der Waals surface area contributed by atoms with Crippen molar-refractivity contribution < 1.29 is 0 Å². The first-order valence-electron chi connectivity index (χ1n) is 7.90. The predicted molar refractivity (Wildman–Crippen MR) is 92.8 cm³/mol. The summed E-state index contributed by atoms with van der Waals surface area (Å²) in [6, 6.07) is 4.63. The van der Waals surface area contributed by atoms with E-state index in [1.54, 1.807) is 0 Å². The second kappa shape index (κ2) is 7.09. The van der Waals surface area contributed by atoms with Crippen molar-refractivity contribution in [1.82, 2.24) is 5.32 Å². The molecule has 0 radical (unpaired) electrons. The fourth-order valence-electron chi connectivity index (χ4n) is 2.16. The lowest BCUT2D eigenvalue weighted by Crippen LogP contribution is -2.32. The van der Waals surface area contributed by atoms with Gasteiger partial charge in [-0.25, -0.2) is 0 Å². The van der Waals surface area contributed by atoms with E-state index in [0.717, 1.165) is 19.0 Å². The van der Waals surface area contributed by atoms with Crippen LogP contribution in [-0.4, -0.2) is 13.1 Å². The maximum absolute atomic E-state index is 3.59. The fraction of sp³-hybridized carbons (Fsp3) is 0.778. The Labute approximate surface area is 130 Å². The van der Waals surface area contributed by atoms with Crippen LogP contribution in [0.1, 0.15) is 64.6 Å². The Morgan fingerprint density at radius 1 is 1.10 bits per heavy atom. The molecular formula is C18H33NS. The molecule has 0 aromatic carbocycles. The van der Waals surface area contributed by atoms with Gasteiger partial charge < -0.3 is 5.32 Å². The van der Waals surface area contributed by atoms with Crippen LogP contribution >= 0.6 is 11.3 Å². The van der Waals surface area contributed by atoms with Gasteiger partial charge in [-0.05, 0) is 48.3 Å². The molecule has 20 heavy (non-hydrogen) atoms. The Balaban J connectivity index is 2.43. The number of aryl methyl sites for hydroxylation is 1. The molecule has 116 valence electrons. The summed E-state index contributed by atoms with van der Waals surface area (Å²) >= 11 is 1.99. The first kappa shape index (κ1) is 17.7. The van der Waals surface area contributed by atoms with E-state index in [-0.39, 0.29) is 5.41 Å². The van der Waals surface area contributed by atoms with Gasteiger partial charge in [-0.3, -0.25) is 0 Å². The van der Waals surface area contributed by atoms with Crippen LogP contribution in [-0.2, 0) is 11.8 Å². The van der Waals surface area contributed by atoms with Crippen LogP contribution in [0.25, 0.3) is 0 Å². The molecule has 1 aromatic heterocycles. The summed E-state index contributed by atoms with van der Waals surface area (Å²) in [4.78, 5) is 3.04. The maximum atomic E-state index is 3.59. The summed E-state index contributed by atoms with van der Waals surface area (Å²) < 4.78 is 0. The highest BCUT2D eigenvalue weighted by molar-refractivity contribution is 7.12. The van der Waals surface area contributed by atoms with Crippen molar-refractivity contribution in [3.05, 3.63) is 21.9 Å². The van der Waals surface area contributed by atoms with E-state index >= 15 is 0 Å². The molecule has 0 saturated carbocycles. The van der Waals surface area contributed by atoms with E-state index < -0.39 is 0 Å². The van der Waals surface area contributed by atoms with Crippen LogP contribution in [0.5, 0.6) is 0 Å². The van der Waals surface area contributed by atoms with Crippen molar-refractivity contribution in [2.24, 2.45) is 11.3 Å². The van der Waals surface area contributed by atoms with Gasteiger partial charge in [0.1, 0.15) is 0 Å². The molecule has 1 aromatic rings. The molecule has 0 bridgehead atoms. The van der Waals surface area contributed by atoms with Gasteiger partial charge in [-0.15, -0.1) is 11.3 Å². The third kappa shape index (κ3) is 6.41. The minimum atomic E-state index is 0.289. The summed E-state index contributed by atoms with van der Waals surface area (Å²) in [5, 5.41) is 3.59. The lowest BCUT2D eigenvalue weighted by molar-refractivity contribution is 0.309. The Kier molecular flexibility index (Phi) is 6.27. The van der Waals surface area contributed by atoms with Crippen LogP contribution < -0.4 is 5.32 Å². The van der Waals surface area contributed by atoms with Gasteiger partial charge in [-0.2, -0.15) is 0 Å². The maximum Gasteiger partial charge on any atom is 0.0102 e. The average Bonchev–Trinajstić information content (AvgIpc) is 2.73. The van der Waals surface area contributed by atoms with Crippen molar-refractivity contribution in [2.75, 3.05) is 13.1 Å². The van der Waals surface area contributed by atoms with E-state index in [1.165, 1.54) is 22.6 Å². The zero-order chi connectivity index (χ0) is 15.4. The molecule has 0 amide bonds. The summed E-state index contributed by atoms with van der Waals surface area (Å²) in [6.07, 6.45) is 2.46. The molecule has 0 unspecified atom stereocenters. The van der Waals surface area contributed by atoms with Gasteiger partial charge in [0.15, 0.2) is 0 Å². The van der Waals surface area contributed by atoms with Crippen LogP contribution in [0.15, 0.2) is 12.1 Å². The molecule has 0 aliphatic carbocycles. The van der Waals surface area contributed by atoms with Crippen molar-refractivity contribution >= 4 is 11.3 Å². The molecule has 1 rings (SSSR count). The standard InChI is InChI=1S/C18H33NS/c1-14(2)12-19-13-18(6,7)11-10-15-8-9-16(20-15)17(3,4)5/h8-9,14,19H,10-13H2,1-7H3. The molecular weight excluding hydrogens is 262 g/mol. The Bertz CT molecular complexity index is 396. The van der Waals surface area contributed by atoms with Crippen molar-refractivity contribution in [1.29, 1.82) is 0 Å². The quantitative estimate of drug-likeness (QED) is 0.724. The van der Waals surface area contributed by atoms with Crippen LogP contribution in [0.2, 0.25) is 0 Å². The van der Waals surface area contributed by atoms with Crippen molar-refractivity contribution in [3.8, 4) is 0 Å². The largest absolute Gasteiger partial charge is 0.316 e. The monoisotopic (exact) mass is 295 g/mol. The zero-order valence-corrected chi connectivity index (χ0v) is 15.3. The highest BCUT2D eigenvalue weighted by Gasteiger charge is 2.19. The molecule has 1 heterocycles. The van der Waals surface area contributed by atoms with E-state index in [9.17, 15) is 0 Å². The lowest BCUT2D eigenvalue weighted by Gasteiger charge is -2.25. The van der Waals surface area contributed by atoms with Crippen LogP contribution in [0.3, 0.4) is 0 Å². The molecule has 2 heteroatoms. The lowest BCUT2D eigenvalue weighted by atomic mass is 9.87. The third-order valence-electron chi connectivity index (χ3n) is 3.61. The summed E-state index contributed by atoms with van der Waals surface area (Å²) in [7, 11) is 0. The highest BCUT2D eigenvalue weighted by Crippen LogP contribution is 2.31. The number of nitrogens with one attached hydrogen (secondary N) is 1. The number of thiophene rings is 1. The third-order valence-corrected chi connectivity index (χ3v) is 5.18. The Morgan fingerprint density at radius 3 is 2.25 bits per heavy atom. The second-order valence-corrected chi connectivity index (χ2v) is 9.37. The second-order valence-electron chi connectivity index (χ2n) is 8.20. The Hall–Kier alpha value is -0.340. The van der Waals surface area contributed by atoms with Gasteiger partial charge >= 0.3 is 0 Å². The van der Waals surface area contributed by atoms with Gasteiger partial charge in [0, 0.05) is 16.3 Å². The number of hydrogen-bond donors (Lipinski definition) is 1. The minimum absolute atomic E-state index is 0.289. The minimum Gasteiger partial charge on any atom is -0.316 e. The van der Waals surface area contributed by atoms with E-state index in [4.69, 9.17) is 0 Å². The topological polar surface area (TPSA) is 12.0 Å². The molecule has 1 nitrogen and oxygen atoms in total. The fourth-order valence-corrected chi connectivity index (χ4v) is 3.23. The van der Waals surface area contributed by atoms with Crippen LogP contribution in [0, 0.1) is 11.3 Å². The normalized spacial score (nSPS) is 13.2. The molecule has 0 spiro atoms. The first-order chi connectivity index (χ1) is 9.10. The van der Waals surface area contributed by atoms with E-state index in [0.29, 0.717) is 5.41 Å². The molecule has 0 aliphatic heterocycles. The van der Waals surface area contributed by atoms with Crippen molar-refractivity contribution in [2.45, 2.75) is 66.7 Å². The number of rotatable bonds is 7. The van der Waals surface area contributed by atoms with Crippen molar-refractivity contribution in [3.63, 3.8) is 0 Å². The first-order valence-corrected chi connectivity index (χ1v) is 8.72. The average molecular weight is 296 g/mol. The van der Waals surface area contributed by atoms with Gasteiger partial charge in [0.05, 0.1) is 0 Å².